The Morgan fingerprint density at radius 3 is 2.38 bits per heavy atom. The van der Waals surface area contributed by atoms with Gasteiger partial charge in [0.05, 0.1) is 41.9 Å². The highest BCUT2D eigenvalue weighted by Crippen LogP contribution is 2.45. The van der Waals surface area contributed by atoms with Crippen LogP contribution in [0.4, 0.5) is 13.2 Å². The molecule has 9 nitrogen and oxygen atoms in total. The van der Waals surface area contributed by atoms with E-state index >= 15 is 0 Å². The van der Waals surface area contributed by atoms with Crippen molar-refractivity contribution in [1.29, 1.82) is 0 Å². The summed E-state index contributed by atoms with van der Waals surface area (Å²) < 4.78 is 52.5. The maximum Gasteiger partial charge on any atom is 0.434 e. The summed E-state index contributed by atoms with van der Waals surface area (Å²) in [5, 5.41) is -2.10. The van der Waals surface area contributed by atoms with E-state index in [0.717, 1.165) is 23.1 Å². The van der Waals surface area contributed by atoms with Crippen LogP contribution in [0.2, 0.25) is 0 Å². The summed E-state index contributed by atoms with van der Waals surface area (Å²) in [5.41, 5.74) is 2.27. The summed E-state index contributed by atoms with van der Waals surface area (Å²) >= 11 is 0. The third-order valence-corrected chi connectivity index (χ3v) is 6.65. The van der Waals surface area contributed by atoms with Crippen LogP contribution in [0.3, 0.4) is 0 Å². The lowest BCUT2D eigenvalue weighted by atomic mass is 9.49. The molecule has 1 aliphatic rings. The normalized spacial score (nSPS) is 13.8. The summed E-state index contributed by atoms with van der Waals surface area (Å²) in [7, 11) is 18.6. The second-order valence-corrected chi connectivity index (χ2v) is 9.83. The molecule has 0 bridgehead atoms. The Kier molecular flexibility index (Phi) is 6.90. The largest absolute Gasteiger partial charge is 0.480 e. The van der Waals surface area contributed by atoms with Crippen LogP contribution >= 0.6 is 0 Å². The second kappa shape index (κ2) is 10.4. The zero-order chi connectivity index (χ0) is 29.6. The number of hydrogen-bond acceptors (Lipinski definition) is 8. The Morgan fingerprint density at radius 1 is 0.952 bits per heavy atom. The van der Waals surface area contributed by atoms with Crippen LogP contribution in [0.5, 0.6) is 11.8 Å². The molecule has 4 aromatic heterocycles. The molecule has 0 saturated heterocycles. The van der Waals surface area contributed by atoms with E-state index in [1.165, 1.54) is 13.4 Å². The molecule has 0 unspecified atom stereocenters. The first-order chi connectivity index (χ1) is 20.0. The first kappa shape index (κ1) is 27.7. The molecule has 5 aromatic rings. The molecule has 0 N–H and O–H groups in total. The van der Waals surface area contributed by atoms with Crippen LogP contribution in [0, 0.1) is 0 Å². The summed E-state index contributed by atoms with van der Waals surface area (Å²) in [6.07, 6.45) is 1.05. The van der Waals surface area contributed by atoms with Crippen molar-refractivity contribution in [3.05, 3.63) is 72.1 Å². The van der Waals surface area contributed by atoms with Crippen molar-refractivity contribution in [1.82, 2.24) is 34.5 Å². The van der Waals surface area contributed by atoms with Crippen LogP contribution in [-0.4, -0.2) is 65.1 Å². The van der Waals surface area contributed by atoms with Gasteiger partial charge in [-0.05, 0) is 30.5 Å². The number of fused-ring (bicyclic) bond motifs is 1. The average Bonchev–Trinajstić information content (AvgIpc) is 3.70. The fourth-order valence-corrected chi connectivity index (χ4v) is 4.48. The van der Waals surface area contributed by atoms with Crippen molar-refractivity contribution in [2.45, 2.75) is 36.8 Å². The molecule has 6 rings (SSSR count). The number of rotatable bonds is 8. The third kappa shape index (κ3) is 5.42. The maximum atomic E-state index is 13.3. The molecule has 42 heavy (non-hydrogen) atoms. The van der Waals surface area contributed by atoms with Crippen molar-refractivity contribution in [2.75, 3.05) is 7.11 Å². The summed E-state index contributed by atoms with van der Waals surface area (Å²) in [6, 6.07) is 10.0. The van der Waals surface area contributed by atoms with Crippen molar-refractivity contribution >= 4 is 34.6 Å². The van der Waals surface area contributed by atoms with Crippen molar-refractivity contribution < 1.29 is 22.6 Å². The van der Waals surface area contributed by atoms with E-state index in [9.17, 15) is 13.2 Å². The van der Waals surface area contributed by atoms with Crippen LogP contribution in [0.1, 0.15) is 35.7 Å². The highest BCUT2D eigenvalue weighted by molar-refractivity contribution is 6.56. The lowest BCUT2D eigenvalue weighted by Crippen LogP contribution is -2.35. The van der Waals surface area contributed by atoms with Gasteiger partial charge in [-0.1, -0.05) is 29.5 Å². The topological polar surface area (TPSA) is 101 Å². The van der Waals surface area contributed by atoms with Gasteiger partial charge in [0.25, 0.3) is 0 Å². The number of ether oxygens (including phenoxy) is 2. The predicted molar refractivity (Wildman–Crippen MR) is 149 cm³/mol. The van der Waals surface area contributed by atoms with Gasteiger partial charge in [0.1, 0.15) is 24.3 Å². The quantitative estimate of drug-likeness (QED) is 0.263. The van der Waals surface area contributed by atoms with Crippen molar-refractivity contribution in [3.8, 4) is 34.5 Å². The molecule has 1 fully saturated rings. The molecular formula is C27H19B3F3N7O2. The van der Waals surface area contributed by atoms with Gasteiger partial charge < -0.3 is 14.0 Å². The number of hydrogen-bond donors (Lipinski definition) is 0. The summed E-state index contributed by atoms with van der Waals surface area (Å²) in [6.45, 7) is 0.0666. The fourth-order valence-electron chi connectivity index (χ4n) is 4.48. The van der Waals surface area contributed by atoms with Crippen LogP contribution < -0.4 is 9.47 Å². The first-order valence-corrected chi connectivity index (χ1v) is 12.8. The monoisotopic (exact) mass is 563 g/mol. The smallest absolute Gasteiger partial charge is 0.434 e. The molecule has 1 aromatic carbocycles. The van der Waals surface area contributed by atoms with Gasteiger partial charge >= 0.3 is 6.18 Å². The predicted octanol–water partition coefficient (Wildman–Crippen LogP) is 3.90. The van der Waals surface area contributed by atoms with Crippen LogP contribution in [-0.2, 0) is 18.0 Å². The summed E-state index contributed by atoms with van der Waals surface area (Å²) in [4.78, 5) is 26.2. The SMILES string of the molecule is [B]C([B])([B])n1cc(C(F)(F)F)nc1-c1ccc(COc2nc(-c3c(OC)ncnc3C3CC3)nc3cccnc23)cc1. The Hall–Kier alpha value is -4.42. The van der Waals surface area contributed by atoms with Gasteiger partial charge in [-0.25, -0.2) is 24.9 Å². The highest BCUT2D eigenvalue weighted by Gasteiger charge is 2.36. The van der Waals surface area contributed by atoms with Gasteiger partial charge in [-0.3, -0.25) is 0 Å². The lowest BCUT2D eigenvalue weighted by molar-refractivity contribution is -0.140. The fraction of sp³-hybridized carbons (Fsp3) is 0.259. The van der Waals surface area contributed by atoms with E-state index in [1.807, 2.05) is 0 Å². The molecular weight excluding hydrogens is 544 g/mol. The second-order valence-electron chi connectivity index (χ2n) is 9.83. The Labute approximate surface area is 242 Å². The number of halogens is 3. The number of methoxy groups -OCH3 is 1. The number of imidazole rings is 1. The molecule has 204 valence electrons. The maximum absolute atomic E-state index is 13.3. The van der Waals surface area contributed by atoms with Crippen LogP contribution in [0.15, 0.2) is 55.1 Å². The third-order valence-electron chi connectivity index (χ3n) is 6.65. The molecule has 0 aliphatic heterocycles. The summed E-state index contributed by atoms with van der Waals surface area (Å²) in [5.74, 6) is 1.08. The average molecular weight is 563 g/mol. The number of nitrogens with zero attached hydrogens (tertiary/aromatic N) is 7. The zero-order valence-corrected chi connectivity index (χ0v) is 22.2. The lowest BCUT2D eigenvalue weighted by Gasteiger charge is -2.25. The molecule has 15 heteroatoms. The van der Waals surface area contributed by atoms with E-state index in [0.29, 0.717) is 45.6 Å². The minimum atomic E-state index is -4.71. The van der Waals surface area contributed by atoms with E-state index in [1.54, 1.807) is 42.6 Å². The van der Waals surface area contributed by atoms with Gasteiger partial charge in [0, 0.05) is 23.9 Å². The zero-order valence-electron chi connectivity index (χ0n) is 22.2. The van der Waals surface area contributed by atoms with Crippen molar-refractivity contribution in [2.24, 2.45) is 0 Å². The van der Waals surface area contributed by atoms with E-state index in [2.05, 4.69) is 24.9 Å². The van der Waals surface area contributed by atoms with Gasteiger partial charge in [0.15, 0.2) is 17.0 Å². The van der Waals surface area contributed by atoms with Gasteiger partial charge in [-0.2, -0.15) is 18.2 Å². The molecule has 0 amide bonds. The molecule has 0 atom stereocenters. The van der Waals surface area contributed by atoms with E-state index in [-0.39, 0.29) is 24.2 Å². The van der Waals surface area contributed by atoms with E-state index in [4.69, 9.17) is 38.0 Å². The molecule has 4 heterocycles. The number of alkyl halides is 3. The van der Waals surface area contributed by atoms with E-state index < -0.39 is 17.1 Å². The highest BCUT2D eigenvalue weighted by atomic mass is 19.4. The number of benzene rings is 1. The van der Waals surface area contributed by atoms with Crippen molar-refractivity contribution in [3.63, 3.8) is 0 Å². The Balaban J connectivity index is 1.31. The van der Waals surface area contributed by atoms with Gasteiger partial charge in [-0.15, -0.1) is 0 Å². The molecule has 6 radical (unpaired) electrons. The standard InChI is InChI=1S/C27H19B3F3N7O2/c1-41-24-19(20(15-8-9-15)35-13-36-24)22-37-17-3-2-10-34-21(17)25(39-22)42-12-14-4-6-16(7-5-14)23-38-18(26(31,32)33)11-40(23)27(28,29)30/h2-7,10-11,13,15H,8-9,12H2,1H3. The molecule has 0 spiro atoms. The van der Waals surface area contributed by atoms with Gasteiger partial charge in [0.2, 0.25) is 11.8 Å². The van der Waals surface area contributed by atoms with Crippen LogP contribution in [0.25, 0.3) is 33.8 Å². The molecule has 1 aliphatic carbocycles. The Morgan fingerprint density at radius 2 is 1.71 bits per heavy atom. The molecule has 1 saturated carbocycles. The minimum Gasteiger partial charge on any atom is -0.480 e. The minimum absolute atomic E-state index is 0.0666. The number of pyridine rings is 1. The first-order valence-electron chi connectivity index (χ1n) is 12.8. The Bertz CT molecular complexity index is 1770. The number of aromatic nitrogens is 7.